The maximum atomic E-state index is 13.5. The predicted octanol–water partition coefficient (Wildman–Crippen LogP) is 3.33. The summed E-state index contributed by atoms with van der Waals surface area (Å²) >= 11 is 1.59. The van der Waals surface area contributed by atoms with Crippen LogP contribution >= 0.6 is 11.3 Å². The first-order valence-electron chi connectivity index (χ1n) is 11.0. The van der Waals surface area contributed by atoms with Crippen molar-refractivity contribution in [1.29, 1.82) is 0 Å². The van der Waals surface area contributed by atoms with Crippen LogP contribution in [0.2, 0.25) is 0 Å². The number of amides is 2. The minimum atomic E-state index is -0.297. The third-order valence-electron chi connectivity index (χ3n) is 5.89. The number of hydrazone groups is 1. The van der Waals surface area contributed by atoms with Gasteiger partial charge < -0.3 is 19.1 Å². The molecule has 0 N–H and O–H groups in total. The molecule has 1 unspecified atom stereocenters. The Labute approximate surface area is 197 Å². The molecule has 9 heteroatoms. The molecule has 1 aromatic carbocycles. The number of benzene rings is 1. The van der Waals surface area contributed by atoms with Crippen molar-refractivity contribution < 1.29 is 23.8 Å². The molecule has 176 valence electrons. The van der Waals surface area contributed by atoms with Crippen LogP contribution in [0.3, 0.4) is 0 Å². The molecule has 1 aliphatic carbocycles. The molecule has 8 nitrogen and oxygen atoms in total. The third-order valence-corrected chi connectivity index (χ3v) is 6.81. The molecular formula is C24H29N3O5S. The molecule has 33 heavy (non-hydrogen) atoms. The fourth-order valence-electron chi connectivity index (χ4n) is 3.94. The van der Waals surface area contributed by atoms with Gasteiger partial charge in [0.1, 0.15) is 6.54 Å². The molecule has 1 atom stereocenters. The molecule has 1 aromatic heterocycles. The minimum Gasteiger partial charge on any atom is -0.493 e. The van der Waals surface area contributed by atoms with E-state index in [1.165, 1.54) is 5.01 Å². The fraction of sp³-hybridized carbons (Fsp3) is 0.458. The van der Waals surface area contributed by atoms with E-state index in [9.17, 15) is 9.59 Å². The second-order valence-electron chi connectivity index (χ2n) is 8.12. The van der Waals surface area contributed by atoms with Gasteiger partial charge in [0.2, 0.25) is 5.91 Å². The Bertz CT molecular complexity index is 1020. The molecular weight excluding hydrogens is 442 g/mol. The van der Waals surface area contributed by atoms with E-state index in [2.05, 4.69) is 0 Å². The Balaban J connectivity index is 1.61. The first-order chi connectivity index (χ1) is 16.0. The molecule has 4 rings (SSSR count). The Morgan fingerprint density at radius 1 is 1.15 bits per heavy atom. The molecule has 2 heterocycles. The predicted molar refractivity (Wildman–Crippen MR) is 126 cm³/mol. The van der Waals surface area contributed by atoms with Crippen LogP contribution in [0.1, 0.15) is 35.7 Å². The van der Waals surface area contributed by atoms with Gasteiger partial charge in [0, 0.05) is 26.0 Å². The van der Waals surface area contributed by atoms with Crippen LogP contribution < -0.4 is 9.47 Å². The molecule has 2 aromatic rings. The van der Waals surface area contributed by atoms with Crippen molar-refractivity contribution >= 4 is 28.9 Å². The van der Waals surface area contributed by atoms with E-state index in [0.717, 1.165) is 29.0 Å². The third kappa shape index (κ3) is 5.20. The van der Waals surface area contributed by atoms with Gasteiger partial charge in [0.15, 0.2) is 11.5 Å². The van der Waals surface area contributed by atoms with Crippen molar-refractivity contribution in [3.63, 3.8) is 0 Å². The van der Waals surface area contributed by atoms with Gasteiger partial charge in [-0.05, 0) is 42.0 Å². The van der Waals surface area contributed by atoms with E-state index in [4.69, 9.17) is 19.3 Å². The maximum absolute atomic E-state index is 13.5. The lowest BCUT2D eigenvalue weighted by atomic mass is 10.0. The Hall–Kier alpha value is -2.91. The molecule has 0 radical (unpaired) electrons. The van der Waals surface area contributed by atoms with E-state index in [1.54, 1.807) is 37.6 Å². The highest BCUT2D eigenvalue weighted by Crippen LogP contribution is 2.38. The monoisotopic (exact) mass is 471 g/mol. The Morgan fingerprint density at radius 3 is 2.58 bits per heavy atom. The molecule has 0 bridgehead atoms. The van der Waals surface area contributed by atoms with Gasteiger partial charge in [0.25, 0.3) is 5.91 Å². The lowest BCUT2D eigenvalue weighted by molar-refractivity contribution is -0.142. The molecule has 0 saturated heterocycles. The van der Waals surface area contributed by atoms with Gasteiger partial charge in [-0.2, -0.15) is 5.10 Å². The molecule has 2 amide bonds. The van der Waals surface area contributed by atoms with Crippen LogP contribution in [-0.4, -0.2) is 68.5 Å². The van der Waals surface area contributed by atoms with Gasteiger partial charge in [-0.1, -0.05) is 12.1 Å². The summed E-state index contributed by atoms with van der Waals surface area (Å²) in [5.74, 6) is 1.05. The summed E-state index contributed by atoms with van der Waals surface area (Å²) in [6, 6.07) is 9.33. The summed E-state index contributed by atoms with van der Waals surface area (Å²) in [4.78, 5) is 28.9. The van der Waals surface area contributed by atoms with E-state index in [0.29, 0.717) is 31.1 Å². The highest BCUT2D eigenvalue weighted by Gasteiger charge is 2.38. The number of hydrogen-bond donors (Lipinski definition) is 0. The van der Waals surface area contributed by atoms with Crippen LogP contribution in [0.15, 0.2) is 40.8 Å². The van der Waals surface area contributed by atoms with E-state index in [-0.39, 0.29) is 30.3 Å². The SMILES string of the molecule is COCCN(CC(=O)N1N=C(c2cccs2)CC1c1ccc(OC)c(OC)c1)C(=O)C1CC1. The van der Waals surface area contributed by atoms with Crippen LogP contribution in [-0.2, 0) is 14.3 Å². The second-order valence-corrected chi connectivity index (χ2v) is 9.07. The largest absolute Gasteiger partial charge is 0.493 e. The highest BCUT2D eigenvalue weighted by atomic mass is 32.1. The first-order valence-corrected chi connectivity index (χ1v) is 11.9. The van der Waals surface area contributed by atoms with Gasteiger partial charge in [-0.25, -0.2) is 5.01 Å². The molecule has 1 fully saturated rings. The zero-order chi connectivity index (χ0) is 23.4. The van der Waals surface area contributed by atoms with Crippen LogP contribution in [0.25, 0.3) is 0 Å². The summed E-state index contributed by atoms with van der Waals surface area (Å²) in [6.07, 6.45) is 2.35. The van der Waals surface area contributed by atoms with Gasteiger partial charge in [-0.15, -0.1) is 11.3 Å². The summed E-state index contributed by atoms with van der Waals surface area (Å²) in [7, 11) is 4.77. The van der Waals surface area contributed by atoms with Crippen LogP contribution in [0, 0.1) is 5.92 Å². The average molecular weight is 472 g/mol. The number of carbonyl (C=O) groups excluding carboxylic acids is 2. The quantitative estimate of drug-likeness (QED) is 0.531. The number of rotatable bonds is 10. The second kappa shape index (κ2) is 10.4. The maximum Gasteiger partial charge on any atom is 0.262 e. The van der Waals surface area contributed by atoms with Crippen molar-refractivity contribution in [3.8, 4) is 11.5 Å². The number of hydrogen-bond acceptors (Lipinski definition) is 7. The number of methoxy groups -OCH3 is 3. The van der Waals surface area contributed by atoms with Gasteiger partial charge >= 0.3 is 0 Å². The Morgan fingerprint density at radius 2 is 1.94 bits per heavy atom. The number of carbonyl (C=O) groups is 2. The number of nitrogens with zero attached hydrogens (tertiary/aromatic N) is 3. The molecule has 1 saturated carbocycles. The lowest BCUT2D eigenvalue weighted by Crippen LogP contribution is -2.43. The normalized spacial score (nSPS) is 17.6. The fourth-order valence-corrected chi connectivity index (χ4v) is 4.67. The summed E-state index contributed by atoms with van der Waals surface area (Å²) in [6.45, 7) is 0.742. The molecule has 1 aliphatic heterocycles. The summed E-state index contributed by atoms with van der Waals surface area (Å²) in [5.41, 5.74) is 1.75. The average Bonchev–Trinajstić information content (AvgIpc) is 3.35. The van der Waals surface area contributed by atoms with Crippen LogP contribution in [0.4, 0.5) is 0 Å². The molecule has 2 aliphatic rings. The van der Waals surface area contributed by atoms with Crippen molar-refractivity contribution in [1.82, 2.24) is 9.91 Å². The van der Waals surface area contributed by atoms with E-state index < -0.39 is 0 Å². The first kappa shape index (κ1) is 23.3. The number of thiophene rings is 1. The minimum absolute atomic E-state index is 0.0183. The van der Waals surface area contributed by atoms with Crippen molar-refractivity contribution in [2.75, 3.05) is 41.0 Å². The van der Waals surface area contributed by atoms with Crippen molar-refractivity contribution in [3.05, 3.63) is 46.2 Å². The standard InChI is InChI=1S/C24H29N3O5S/c1-30-11-10-26(24(29)16-6-7-16)15-23(28)27-19(14-18(25-27)22-5-4-12-33-22)17-8-9-20(31-2)21(13-17)32-3/h4-5,8-9,12-13,16,19H,6-7,10-11,14-15H2,1-3H3. The van der Waals surface area contributed by atoms with E-state index in [1.807, 2.05) is 35.7 Å². The highest BCUT2D eigenvalue weighted by molar-refractivity contribution is 7.12. The van der Waals surface area contributed by atoms with Gasteiger partial charge in [0.05, 0.1) is 37.5 Å². The van der Waals surface area contributed by atoms with E-state index >= 15 is 0 Å². The van der Waals surface area contributed by atoms with Crippen molar-refractivity contribution in [2.45, 2.75) is 25.3 Å². The summed E-state index contributed by atoms with van der Waals surface area (Å²) in [5, 5.41) is 8.23. The zero-order valence-electron chi connectivity index (χ0n) is 19.2. The topological polar surface area (TPSA) is 80.7 Å². The lowest BCUT2D eigenvalue weighted by Gasteiger charge is -2.27. The summed E-state index contributed by atoms with van der Waals surface area (Å²) < 4.78 is 16.0. The zero-order valence-corrected chi connectivity index (χ0v) is 20.0. The van der Waals surface area contributed by atoms with Crippen LogP contribution in [0.5, 0.6) is 11.5 Å². The van der Waals surface area contributed by atoms with Gasteiger partial charge in [-0.3, -0.25) is 9.59 Å². The smallest absolute Gasteiger partial charge is 0.262 e. The number of ether oxygens (including phenoxy) is 3. The molecule has 0 spiro atoms. The Kier molecular flexibility index (Phi) is 7.29. The van der Waals surface area contributed by atoms with Crippen molar-refractivity contribution in [2.24, 2.45) is 11.0 Å².